The van der Waals surface area contributed by atoms with Crippen LogP contribution in [0.25, 0.3) is 0 Å². The van der Waals surface area contributed by atoms with Crippen molar-refractivity contribution in [2.24, 2.45) is 5.92 Å². The van der Waals surface area contributed by atoms with Crippen molar-refractivity contribution in [3.05, 3.63) is 49.9 Å². The zero-order valence-corrected chi connectivity index (χ0v) is 23.6. The van der Waals surface area contributed by atoms with Crippen LogP contribution in [0.2, 0.25) is 5.02 Å². The number of aryl methyl sites for hydroxylation is 1. The highest BCUT2D eigenvalue weighted by Gasteiger charge is 2.37. The number of fused-ring (bicyclic) bond motifs is 1. The first-order chi connectivity index (χ1) is 18.2. The van der Waals surface area contributed by atoms with Crippen molar-refractivity contribution in [3.8, 4) is 11.5 Å². The maximum absolute atomic E-state index is 13.2. The highest BCUT2D eigenvalue weighted by atomic mass is 35.5. The average Bonchev–Trinajstić information content (AvgIpc) is 2.89. The number of carbonyl (C=O) groups is 1. The monoisotopic (exact) mass is 563 g/mol. The van der Waals surface area contributed by atoms with Gasteiger partial charge < -0.3 is 25.1 Å². The normalized spacial score (nSPS) is 26.5. The van der Waals surface area contributed by atoms with Crippen molar-refractivity contribution in [2.75, 3.05) is 12.9 Å². The van der Waals surface area contributed by atoms with E-state index < -0.39 is 6.17 Å². The van der Waals surface area contributed by atoms with E-state index in [4.69, 9.17) is 21.1 Å². The Hall–Kier alpha value is -2.23. The van der Waals surface area contributed by atoms with Gasteiger partial charge in [-0.3, -0.25) is 9.59 Å². The predicted molar refractivity (Wildman–Crippen MR) is 148 cm³/mol. The number of aromatic nitrogens is 1. The first-order valence-corrected chi connectivity index (χ1v) is 14.9. The van der Waals surface area contributed by atoms with Crippen LogP contribution in [0.5, 0.6) is 11.5 Å². The van der Waals surface area contributed by atoms with Crippen LogP contribution in [-0.2, 0) is 6.54 Å². The fourth-order valence-corrected chi connectivity index (χ4v) is 6.73. The molecule has 206 valence electrons. The third kappa shape index (κ3) is 5.70. The van der Waals surface area contributed by atoms with Crippen LogP contribution < -0.4 is 25.7 Å². The second kappa shape index (κ2) is 11.5. The number of alkyl halides is 1. The molecule has 10 heteroatoms. The van der Waals surface area contributed by atoms with Crippen LogP contribution in [0.3, 0.4) is 0 Å². The van der Waals surface area contributed by atoms with Gasteiger partial charge in [0, 0.05) is 45.9 Å². The molecule has 2 heterocycles. The van der Waals surface area contributed by atoms with Gasteiger partial charge in [-0.15, -0.1) is 11.8 Å². The molecule has 0 spiro atoms. The van der Waals surface area contributed by atoms with Gasteiger partial charge >= 0.3 is 0 Å². The maximum Gasteiger partial charge on any atom is 0.254 e. The Balaban J connectivity index is 1.25. The predicted octanol–water partition coefficient (Wildman–Crippen LogP) is 5.09. The number of pyridine rings is 1. The van der Waals surface area contributed by atoms with Gasteiger partial charge in [0.2, 0.25) is 0 Å². The fourth-order valence-electron chi connectivity index (χ4n) is 5.77. The number of nitrogens with one attached hydrogen (secondary N) is 3. The summed E-state index contributed by atoms with van der Waals surface area (Å²) in [4.78, 5) is 29.3. The number of benzene rings is 1. The summed E-state index contributed by atoms with van der Waals surface area (Å²) in [5.74, 6) is 0.992. The van der Waals surface area contributed by atoms with Gasteiger partial charge in [0.1, 0.15) is 18.9 Å². The van der Waals surface area contributed by atoms with Crippen molar-refractivity contribution in [1.29, 1.82) is 0 Å². The molecule has 2 aromatic rings. The highest BCUT2D eigenvalue weighted by molar-refractivity contribution is 7.98. The Kier molecular flexibility index (Phi) is 8.26. The number of ether oxygens (including phenoxy) is 2. The Morgan fingerprint density at radius 3 is 2.58 bits per heavy atom. The molecular formula is C28H35ClFN3O4S. The van der Waals surface area contributed by atoms with E-state index >= 15 is 0 Å². The molecule has 2 aliphatic carbocycles. The van der Waals surface area contributed by atoms with E-state index in [0.717, 1.165) is 36.3 Å². The second-order valence-corrected chi connectivity index (χ2v) is 12.0. The molecule has 1 aromatic heterocycles. The van der Waals surface area contributed by atoms with Crippen molar-refractivity contribution in [2.45, 2.75) is 88.2 Å². The minimum absolute atomic E-state index is 0.100. The molecule has 1 unspecified atom stereocenters. The lowest BCUT2D eigenvalue weighted by atomic mass is 9.81. The summed E-state index contributed by atoms with van der Waals surface area (Å²) >= 11 is 7.99. The molecule has 3 N–H and O–H groups in total. The molecule has 1 aromatic carbocycles. The summed E-state index contributed by atoms with van der Waals surface area (Å²) in [6, 6.07) is 4.25. The zero-order valence-electron chi connectivity index (χ0n) is 22.0. The number of amides is 1. The van der Waals surface area contributed by atoms with Crippen LogP contribution in [0.1, 0.15) is 65.7 Å². The summed E-state index contributed by atoms with van der Waals surface area (Å²) in [7, 11) is 0. The third-order valence-electron chi connectivity index (χ3n) is 8.07. The van der Waals surface area contributed by atoms with Gasteiger partial charge in [0.15, 0.2) is 11.5 Å². The van der Waals surface area contributed by atoms with Gasteiger partial charge in [-0.25, -0.2) is 4.39 Å². The molecule has 3 aliphatic rings. The van der Waals surface area contributed by atoms with Crippen LogP contribution in [-0.4, -0.2) is 48.1 Å². The van der Waals surface area contributed by atoms with E-state index in [2.05, 4.69) is 15.6 Å². The van der Waals surface area contributed by atoms with Gasteiger partial charge in [-0.2, -0.15) is 0 Å². The summed E-state index contributed by atoms with van der Waals surface area (Å²) in [6.07, 6.45) is 6.47. The molecule has 2 saturated carbocycles. The third-order valence-corrected chi connectivity index (χ3v) is 9.15. The number of carbonyl (C=O) groups excluding carboxylic acids is 1. The lowest BCUT2D eigenvalue weighted by Gasteiger charge is -2.40. The topological polar surface area (TPSA) is 92.5 Å². The number of hydrogen-bond acceptors (Lipinski definition) is 6. The van der Waals surface area contributed by atoms with Crippen LogP contribution >= 0.6 is 23.4 Å². The summed E-state index contributed by atoms with van der Waals surface area (Å²) in [6.45, 7) is 4.18. The number of halogens is 2. The molecule has 0 bridgehead atoms. The van der Waals surface area contributed by atoms with E-state index in [1.807, 2.05) is 26.2 Å². The summed E-state index contributed by atoms with van der Waals surface area (Å²) in [5, 5.41) is 6.80. The second-order valence-electron chi connectivity index (χ2n) is 10.7. The molecule has 0 saturated heterocycles. The summed E-state index contributed by atoms with van der Waals surface area (Å²) in [5.41, 5.74) is 2.14. The maximum atomic E-state index is 13.2. The van der Waals surface area contributed by atoms with Gasteiger partial charge in [0.25, 0.3) is 11.5 Å². The summed E-state index contributed by atoms with van der Waals surface area (Å²) < 4.78 is 25.7. The van der Waals surface area contributed by atoms with E-state index in [-0.39, 0.29) is 24.1 Å². The number of thioether (sulfide) groups is 1. The molecule has 1 atom stereocenters. The van der Waals surface area contributed by atoms with Crippen molar-refractivity contribution in [1.82, 2.24) is 15.6 Å². The van der Waals surface area contributed by atoms with Crippen molar-refractivity contribution in [3.63, 3.8) is 0 Å². The van der Waals surface area contributed by atoms with E-state index in [0.29, 0.717) is 70.7 Å². The Morgan fingerprint density at radius 1 is 1.16 bits per heavy atom. The molecule has 1 aliphatic heterocycles. The Labute approximate surface area is 231 Å². The lowest BCUT2D eigenvalue weighted by Crippen LogP contribution is -2.49. The molecule has 5 rings (SSSR count). The largest absolute Gasteiger partial charge is 0.484 e. The number of aromatic amines is 1. The smallest absolute Gasteiger partial charge is 0.254 e. The van der Waals surface area contributed by atoms with Crippen LogP contribution in [0.15, 0.2) is 21.8 Å². The van der Waals surface area contributed by atoms with Gasteiger partial charge in [-0.1, -0.05) is 11.6 Å². The zero-order chi connectivity index (χ0) is 27.0. The average molecular weight is 564 g/mol. The molecule has 0 radical (unpaired) electrons. The van der Waals surface area contributed by atoms with E-state index in [9.17, 15) is 14.0 Å². The SMILES string of the molecule is CSc1cc(C)[nH]c(=O)c1CNC(=O)c1cc(Cl)c2c(c1C)OC(C1CCC(NC3CC(F)C3)CC1)CO2. The van der Waals surface area contributed by atoms with E-state index in [1.165, 1.54) is 11.8 Å². The molecule has 7 nitrogen and oxygen atoms in total. The van der Waals surface area contributed by atoms with Crippen molar-refractivity contribution < 1.29 is 18.7 Å². The first kappa shape index (κ1) is 27.3. The number of H-pyrrole nitrogens is 1. The minimum Gasteiger partial charge on any atom is -0.484 e. The lowest BCUT2D eigenvalue weighted by molar-refractivity contribution is 0.0275. The standard InChI is InChI=1S/C28H35ClFN3O4S/c1-14-8-24(38-3)21(28(35)32-14)12-31-27(34)20-11-22(29)26-25(15(20)2)37-23(13-36-26)16-4-6-18(7-5-16)33-19-9-17(30)10-19/h8,11,16-19,23,33H,4-7,9-10,12-13H2,1-3H3,(H,31,34)(H,32,35). The molecule has 2 fully saturated rings. The number of rotatable bonds is 7. The van der Waals surface area contributed by atoms with Gasteiger partial charge in [-0.05, 0) is 76.7 Å². The molecular weight excluding hydrogens is 529 g/mol. The van der Waals surface area contributed by atoms with Gasteiger partial charge in [0.05, 0.1) is 5.02 Å². The highest BCUT2D eigenvalue weighted by Crippen LogP contribution is 2.45. The Morgan fingerprint density at radius 2 is 1.89 bits per heavy atom. The Bertz CT molecular complexity index is 1260. The van der Waals surface area contributed by atoms with E-state index in [1.54, 1.807) is 6.07 Å². The molecule has 38 heavy (non-hydrogen) atoms. The fraction of sp³-hybridized carbons (Fsp3) is 0.571. The quantitative estimate of drug-likeness (QED) is 0.407. The van der Waals surface area contributed by atoms with Crippen LogP contribution in [0.4, 0.5) is 4.39 Å². The minimum atomic E-state index is -0.642. The van der Waals surface area contributed by atoms with Crippen LogP contribution in [0, 0.1) is 19.8 Å². The first-order valence-electron chi connectivity index (χ1n) is 13.3. The number of hydrogen-bond donors (Lipinski definition) is 3. The van der Waals surface area contributed by atoms with Crippen molar-refractivity contribution >= 4 is 29.3 Å². The molecule has 1 amide bonds.